The summed E-state index contributed by atoms with van der Waals surface area (Å²) in [5.74, 6) is 0. The molecule has 0 aromatic heterocycles. The third-order valence-corrected chi connectivity index (χ3v) is 2.37. The van der Waals surface area contributed by atoms with Crippen LogP contribution in [0.25, 0.3) is 0 Å². The molecular formula is C6H11F2LiO3S. The van der Waals surface area contributed by atoms with Gasteiger partial charge in [0.15, 0.2) is 10.1 Å². The van der Waals surface area contributed by atoms with Crippen molar-refractivity contribution in [2.45, 2.75) is 37.9 Å². The van der Waals surface area contributed by atoms with Crippen LogP contribution in [0, 0.1) is 0 Å². The van der Waals surface area contributed by atoms with E-state index in [2.05, 4.69) is 0 Å². The largest absolute Gasteiger partial charge is 1.00 e. The van der Waals surface area contributed by atoms with Gasteiger partial charge in [-0.1, -0.05) is 19.8 Å². The summed E-state index contributed by atoms with van der Waals surface area (Å²) in [5.41, 5.74) is 0. The summed E-state index contributed by atoms with van der Waals surface area (Å²) >= 11 is 0. The van der Waals surface area contributed by atoms with Gasteiger partial charge in [0.1, 0.15) is 0 Å². The molecule has 0 aliphatic rings. The Labute approximate surface area is 88.8 Å². The van der Waals surface area contributed by atoms with Gasteiger partial charge in [-0.05, 0) is 6.42 Å². The van der Waals surface area contributed by atoms with Gasteiger partial charge in [-0.3, -0.25) is 0 Å². The molecule has 3 nitrogen and oxygen atoms in total. The van der Waals surface area contributed by atoms with Crippen LogP contribution in [0.4, 0.5) is 8.78 Å². The maximum atomic E-state index is 12.4. The van der Waals surface area contributed by atoms with Crippen LogP contribution in [0.3, 0.4) is 0 Å². The molecule has 0 fully saturated rings. The number of halogens is 2. The molecule has 0 aromatic carbocycles. The van der Waals surface area contributed by atoms with Crippen LogP contribution >= 0.6 is 0 Å². The van der Waals surface area contributed by atoms with Crippen LogP contribution in [0.15, 0.2) is 0 Å². The van der Waals surface area contributed by atoms with Crippen molar-refractivity contribution in [1.82, 2.24) is 0 Å². The van der Waals surface area contributed by atoms with Gasteiger partial charge in [0.2, 0.25) is 0 Å². The van der Waals surface area contributed by atoms with E-state index in [9.17, 15) is 21.8 Å². The Bertz CT molecular complexity index is 228. The molecule has 0 radical (unpaired) electrons. The van der Waals surface area contributed by atoms with E-state index < -0.39 is 21.8 Å². The number of hydrogen-bond donors (Lipinski definition) is 0. The minimum Gasteiger partial charge on any atom is -0.743 e. The molecule has 0 unspecified atom stereocenters. The molecule has 0 bridgehead atoms. The summed E-state index contributed by atoms with van der Waals surface area (Å²) in [7, 11) is -5.47. The fourth-order valence-corrected chi connectivity index (χ4v) is 1.10. The van der Waals surface area contributed by atoms with Crippen LogP contribution in [0.2, 0.25) is 0 Å². The molecule has 0 saturated heterocycles. The fourth-order valence-electron chi connectivity index (χ4n) is 0.706. The fraction of sp³-hybridized carbons (Fsp3) is 1.00. The zero-order valence-electron chi connectivity index (χ0n) is 7.72. The Morgan fingerprint density at radius 3 is 2.08 bits per heavy atom. The topological polar surface area (TPSA) is 57.2 Å². The van der Waals surface area contributed by atoms with Crippen molar-refractivity contribution < 1.29 is 40.6 Å². The van der Waals surface area contributed by atoms with Crippen molar-refractivity contribution in [3.05, 3.63) is 0 Å². The van der Waals surface area contributed by atoms with Crippen molar-refractivity contribution >= 4 is 10.1 Å². The van der Waals surface area contributed by atoms with Gasteiger partial charge < -0.3 is 4.55 Å². The van der Waals surface area contributed by atoms with E-state index in [1.165, 1.54) is 0 Å². The Balaban J connectivity index is 0. The molecule has 0 aliphatic carbocycles. The molecule has 0 saturated carbocycles. The van der Waals surface area contributed by atoms with E-state index in [1.807, 2.05) is 0 Å². The molecule has 0 aliphatic heterocycles. The second-order valence-corrected chi connectivity index (χ2v) is 4.05. The first-order valence-electron chi connectivity index (χ1n) is 3.64. The van der Waals surface area contributed by atoms with Gasteiger partial charge in [-0.2, -0.15) is 8.78 Å². The van der Waals surface area contributed by atoms with Crippen LogP contribution in [-0.4, -0.2) is 18.2 Å². The van der Waals surface area contributed by atoms with Crippen molar-refractivity contribution in [2.24, 2.45) is 0 Å². The maximum Gasteiger partial charge on any atom is 1.00 e. The van der Waals surface area contributed by atoms with Crippen LogP contribution in [-0.2, 0) is 10.1 Å². The van der Waals surface area contributed by atoms with Gasteiger partial charge in [0.05, 0.1) is 0 Å². The zero-order chi connectivity index (χ0) is 9.83. The van der Waals surface area contributed by atoms with Crippen molar-refractivity contribution in [3.8, 4) is 0 Å². The Kier molecular flexibility index (Phi) is 7.26. The van der Waals surface area contributed by atoms with Crippen molar-refractivity contribution in [3.63, 3.8) is 0 Å². The number of unbranched alkanes of at least 4 members (excludes halogenated alkanes) is 2. The first-order chi connectivity index (χ1) is 5.31. The standard InChI is InChI=1S/C6H12F2O3S.Li/c1-2-3-4-5-6(7,8)12(9,10)11;/h2-5H2,1H3,(H,9,10,11);/q;+1/p-1. The first kappa shape index (κ1) is 15.8. The quantitative estimate of drug-likeness (QED) is 0.321. The molecule has 7 heteroatoms. The molecule has 0 rings (SSSR count). The first-order valence-corrected chi connectivity index (χ1v) is 5.05. The van der Waals surface area contributed by atoms with Gasteiger partial charge in [-0.25, -0.2) is 8.42 Å². The second-order valence-electron chi connectivity index (χ2n) is 2.55. The van der Waals surface area contributed by atoms with Gasteiger partial charge >= 0.3 is 24.1 Å². The van der Waals surface area contributed by atoms with E-state index in [0.29, 0.717) is 12.8 Å². The number of hydrogen-bond acceptors (Lipinski definition) is 3. The Hall–Kier alpha value is 0.367. The Morgan fingerprint density at radius 2 is 1.77 bits per heavy atom. The summed E-state index contributed by atoms with van der Waals surface area (Å²) in [6.45, 7) is 1.80. The molecule has 0 N–H and O–H groups in total. The van der Waals surface area contributed by atoms with Gasteiger partial charge in [0, 0.05) is 6.42 Å². The SMILES string of the molecule is CCCCCC(F)(F)S(=O)(=O)[O-].[Li+]. The van der Waals surface area contributed by atoms with Crippen molar-refractivity contribution in [1.29, 1.82) is 0 Å². The Morgan fingerprint density at radius 1 is 1.31 bits per heavy atom. The molecule has 0 aromatic rings. The predicted octanol–water partition coefficient (Wildman–Crippen LogP) is -1.29. The molecule has 0 atom stereocenters. The molecule has 0 heterocycles. The average Bonchev–Trinajstić information content (AvgIpc) is 1.85. The molecule has 74 valence electrons. The third-order valence-electron chi connectivity index (χ3n) is 1.44. The van der Waals surface area contributed by atoms with E-state index in [4.69, 9.17) is 0 Å². The number of rotatable bonds is 5. The molecule has 0 amide bonds. The zero-order valence-corrected chi connectivity index (χ0v) is 8.53. The van der Waals surface area contributed by atoms with Crippen LogP contribution < -0.4 is 18.9 Å². The summed E-state index contributed by atoms with van der Waals surface area (Å²) in [6.07, 6.45) is 0.401. The minimum atomic E-state index is -5.47. The van der Waals surface area contributed by atoms with E-state index in [1.54, 1.807) is 6.92 Å². The maximum absolute atomic E-state index is 12.4. The molecule has 13 heavy (non-hydrogen) atoms. The third kappa shape index (κ3) is 5.63. The van der Waals surface area contributed by atoms with Gasteiger partial charge in [-0.15, -0.1) is 0 Å². The van der Waals surface area contributed by atoms with E-state index in [-0.39, 0.29) is 25.3 Å². The molecular weight excluding hydrogens is 197 g/mol. The monoisotopic (exact) mass is 208 g/mol. The minimum absolute atomic E-state index is 0. The predicted molar refractivity (Wildman–Crippen MR) is 38.8 cm³/mol. The summed E-state index contributed by atoms with van der Waals surface area (Å²) < 4.78 is 54.5. The van der Waals surface area contributed by atoms with Crippen molar-refractivity contribution in [2.75, 3.05) is 0 Å². The summed E-state index contributed by atoms with van der Waals surface area (Å²) in [5, 5.41) is -4.10. The molecule has 0 spiro atoms. The van der Waals surface area contributed by atoms with E-state index in [0.717, 1.165) is 0 Å². The van der Waals surface area contributed by atoms with Gasteiger partial charge in [0.25, 0.3) is 0 Å². The van der Waals surface area contributed by atoms with Crippen LogP contribution in [0.1, 0.15) is 32.6 Å². The van der Waals surface area contributed by atoms with E-state index >= 15 is 0 Å². The number of alkyl halides is 2. The van der Waals surface area contributed by atoms with Crippen LogP contribution in [0.5, 0.6) is 0 Å². The second kappa shape index (κ2) is 5.97. The summed E-state index contributed by atoms with van der Waals surface area (Å²) in [6, 6.07) is 0. The average molecular weight is 208 g/mol. The summed E-state index contributed by atoms with van der Waals surface area (Å²) in [4.78, 5) is 0. The normalized spacial score (nSPS) is 12.3. The smallest absolute Gasteiger partial charge is 0.743 e.